The van der Waals surface area contributed by atoms with E-state index in [1.165, 1.54) is 18.2 Å². The number of esters is 1. The Morgan fingerprint density at radius 1 is 0.980 bits per heavy atom. The molecule has 11 heteroatoms. The lowest BCUT2D eigenvalue weighted by molar-refractivity contribution is -0.164. The number of benzene rings is 3. The zero-order valence-electron chi connectivity index (χ0n) is 29.9. The number of nitrogens with zero attached hydrogens (tertiary/aromatic N) is 2. The van der Waals surface area contributed by atoms with Gasteiger partial charge in [-0.2, -0.15) is 5.10 Å². The van der Waals surface area contributed by atoms with Gasteiger partial charge in [0.1, 0.15) is 24.2 Å². The summed E-state index contributed by atoms with van der Waals surface area (Å²) in [5.41, 5.74) is 2.07. The number of amides is 2. The first kappa shape index (κ1) is 36.9. The first-order valence-electron chi connectivity index (χ1n) is 17.3. The highest BCUT2D eigenvalue weighted by atomic mass is 19.1. The van der Waals surface area contributed by atoms with Gasteiger partial charge in [0.05, 0.1) is 17.2 Å². The largest absolute Gasteiger partial charge is 0.460 e. The number of aromatic amines is 1. The van der Waals surface area contributed by atoms with Crippen LogP contribution in [0.5, 0.6) is 11.5 Å². The molecular formula is C40H45FN4O6. The third-order valence-corrected chi connectivity index (χ3v) is 9.94. The standard InChI is InChI=1S/C40H45FN4O6/c1-7-40(8-2,39(49)50-23-28-13-10-9-11-14-28)34-18-17-32(29-15-12-16-31(41)22-29)45(34)38(48)27(6)42-36(46)30-19-24(3)35(25(4)20-30)51-33-21-26(5)43-44-37(33)47/h9-16,19-22,27,32,34H,7-8,17-18,23H2,1-6H3,(H,42,46)(H,44,47)/t27-,32+,34-/m1/s1. The number of likely N-dealkylation sites (tertiary alicyclic amines) is 1. The van der Waals surface area contributed by atoms with E-state index in [-0.39, 0.29) is 18.3 Å². The molecular weight excluding hydrogens is 651 g/mol. The van der Waals surface area contributed by atoms with Crippen LogP contribution in [0.2, 0.25) is 0 Å². The fourth-order valence-electron chi connectivity index (χ4n) is 7.19. The maximum absolute atomic E-state index is 14.5. The minimum atomic E-state index is -1.03. The second-order valence-corrected chi connectivity index (χ2v) is 13.3. The molecule has 1 aliphatic heterocycles. The van der Waals surface area contributed by atoms with Crippen LogP contribution in [0, 0.1) is 32.0 Å². The molecule has 0 unspecified atom stereocenters. The minimum absolute atomic E-state index is 0.0809. The Kier molecular flexibility index (Phi) is 11.4. The second-order valence-electron chi connectivity index (χ2n) is 13.3. The summed E-state index contributed by atoms with van der Waals surface area (Å²) in [7, 11) is 0. The Hall–Kier alpha value is -5.32. The van der Waals surface area contributed by atoms with Crippen molar-refractivity contribution in [3.8, 4) is 11.5 Å². The molecule has 0 spiro atoms. The molecule has 51 heavy (non-hydrogen) atoms. The molecule has 5 rings (SSSR count). The number of rotatable bonds is 12. The van der Waals surface area contributed by atoms with Crippen LogP contribution < -0.4 is 15.6 Å². The summed E-state index contributed by atoms with van der Waals surface area (Å²) in [6.07, 6.45) is 1.84. The molecule has 1 aromatic heterocycles. The number of aryl methyl sites for hydroxylation is 3. The highest BCUT2D eigenvalue weighted by molar-refractivity contribution is 5.98. The zero-order chi connectivity index (χ0) is 36.9. The van der Waals surface area contributed by atoms with E-state index < -0.39 is 46.8 Å². The van der Waals surface area contributed by atoms with Gasteiger partial charge in [0.15, 0.2) is 5.75 Å². The highest BCUT2D eigenvalue weighted by Crippen LogP contribution is 2.48. The maximum Gasteiger partial charge on any atom is 0.314 e. The van der Waals surface area contributed by atoms with E-state index in [0.29, 0.717) is 59.4 Å². The SMILES string of the molecule is CCC(CC)(C(=O)OCc1ccccc1)[C@H]1CC[C@@H](c2cccc(F)c2)N1C(=O)[C@@H](C)NC(=O)c1cc(C)c(Oc2cc(C)n[nH]c2=O)c(C)c1. The molecule has 2 amide bonds. The van der Waals surface area contributed by atoms with Gasteiger partial charge in [-0.1, -0.05) is 56.3 Å². The summed E-state index contributed by atoms with van der Waals surface area (Å²) in [5.74, 6) is -1.18. The van der Waals surface area contributed by atoms with Crippen molar-refractivity contribution in [1.82, 2.24) is 20.4 Å². The molecule has 268 valence electrons. The molecule has 0 saturated carbocycles. The van der Waals surface area contributed by atoms with Crippen LogP contribution in [-0.2, 0) is 20.9 Å². The van der Waals surface area contributed by atoms with Crippen molar-refractivity contribution in [2.24, 2.45) is 5.41 Å². The molecule has 0 aliphatic carbocycles. The Balaban J connectivity index is 1.41. The van der Waals surface area contributed by atoms with Gasteiger partial charge in [0.2, 0.25) is 5.91 Å². The van der Waals surface area contributed by atoms with Crippen molar-refractivity contribution in [1.29, 1.82) is 0 Å². The van der Waals surface area contributed by atoms with E-state index in [4.69, 9.17) is 9.47 Å². The van der Waals surface area contributed by atoms with Gasteiger partial charge in [-0.25, -0.2) is 9.49 Å². The molecule has 3 atom stereocenters. The minimum Gasteiger partial charge on any atom is -0.460 e. The van der Waals surface area contributed by atoms with Gasteiger partial charge in [0.25, 0.3) is 5.91 Å². The van der Waals surface area contributed by atoms with Crippen LogP contribution in [0.4, 0.5) is 4.39 Å². The zero-order valence-corrected chi connectivity index (χ0v) is 29.9. The average molecular weight is 697 g/mol. The maximum atomic E-state index is 14.5. The first-order chi connectivity index (χ1) is 24.4. The van der Waals surface area contributed by atoms with Crippen LogP contribution in [0.3, 0.4) is 0 Å². The number of carbonyl (C=O) groups is 3. The molecule has 0 radical (unpaired) electrons. The lowest BCUT2D eigenvalue weighted by atomic mass is 9.74. The summed E-state index contributed by atoms with van der Waals surface area (Å²) in [6.45, 7) is 10.8. The van der Waals surface area contributed by atoms with E-state index in [1.54, 1.807) is 56.9 Å². The number of ether oxygens (including phenoxy) is 2. The van der Waals surface area contributed by atoms with Crippen molar-refractivity contribution in [2.75, 3.05) is 0 Å². The van der Waals surface area contributed by atoms with Crippen LogP contribution in [-0.4, -0.2) is 45.0 Å². The Morgan fingerprint density at radius 3 is 2.31 bits per heavy atom. The number of aromatic nitrogens is 2. The van der Waals surface area contributed by atoms with Crippen molar-refractivity contribution < 1.29 is 28.2 Å². The normalized spacial score (nSPS) is 16.4. The quantitative estimate of drug-likeness (QED) is 0.152. The molecule has 1 fully saturated rings. The van der Waals surface area contributed by atoms with Gasteiger partial charge in [-0.05, 0) is 99.9 Å². The van der Waals surface area contributed by atoms with E-state index in [1.807, 2.05) is 44.2 Å². The van der Waals surface area contributed by atoms with Crippen molar-refractivity contribution >= 4 is 17.8 Å². The van der Waals surface area contributed by atoms with Gasteiger partial charge < -0.3 is 19.7 Å². The van der Waals surface area contributed by atoms with Gasteiger partial charge in [0, 0.05) is 17.7 Å². The van der Waals surface area contributed by atoms with Crippen molar-refractivity contribution in [2.45, 2.75) is 92.0 Å². The summed E-state index contributed by atoms with van der Waals surface area (Å²) < 4.78 is 26.3. The lowest BCUT2D eigenvalue weighted by Crippen LogP contribution is -2.56. The van der Waals surface area contributed by atoms with Crippen molar-refractivity contribution in [3.05, 3.63) is 122 Å². The smallest absolute Gasteiger partial charge is 0.314 e. The monoisotopic (exact) mass is 696 g/mol. The summed E-state index contributed by atoms with van der Waals surface area (Å²) in [4.78, 5) is 56.1. The number of hydrogen-bond acceptors (Lipinski definition) is 7. The molecule has 2 heterocycles. The number of H-pyrrole nitrogens is 1. The molecule has 3 aromatic carbocycles. The molecule has 1 aliphatic rings. The Bertz CT molecular complexity index is 1940. The van der Waals surface area contributed by atoms with Gasteiger partial charge >= 0.3 is 11.5 Å². The van der Waals surface area contributed by atoms with Crippen LogP contribution >= 0.6 is 0 Å². The topological polar surface area (TPSA) is 131 Å². The van der Waals surface area contributed by atoms with Crippen LogP contribution in [0.1, 0.15) is 90.8 Å². The summed E-state index contributed by atoms with van der Waals surface area (Å²) in [5, 5.41) is 9.12. The fourth-order valence-corrected chi connectivity index (χ4v) is 7.19. The third kappa shape index (κ3) is 7.87. The Morgan fingerprint density at radius 2 is 1.67 bits per heavy atom. The fraction of sp³-hybridized carbons (Fsp3) is 0.375. The average Bonchev–Trinajstić information content (AvgIpc) is 3.56. The Labute approximate surface area is 297 Å². The second kappa shape index (κ2) is 15.7. The number of carbonyl (C=O) groups excluding carboxylic acids is 3. The lowest BCUT2D eigenvalue weighted by Gasteiger charge is -2.43. The predicted molar refractivity (Wildman–Crippen MR) is 191 cm³/mol. The molecule has 4 aromatic rings. The molecule has 0 bridgehead atoms. The van der Waals surface area contributed by atoms with E-state index in [2.05, 4.69) is 15.5 Å². The highest BCUT2D eigenvalue weighted by Gasteiger charge is 2.53. The summed E-state index contributed by atoms with van der Waals surface area (Å²) in [6, 6.07) is 18.3. The van der Waals surface area contributed by atoms with E-state index >= 15 is 0 Å². The number of nitrogens with one attached hydrogen (secondary N) is 2. The summed E-state index contributed by atoms with van der Waals surface area (Å²) >= 11 is 0. The van der Waals surface area contributed by atoms with E-state index in [0.717, 1.165) is 5.56 Å². The number of halogens is 1. The first-order valence-corrected chi connectivity index (χ1v) is 17.3. The van der Waals surface area contributed by atoms with E-state index in [9.17, 15) is 23.6 Å². The molecule has 10 nitrogen and oxygen atoms in total. The van der Waals surface area contributed by atoms with Crippen LogP contribution in [0.15, 0.2) is 77.6 Å². The third-order valence-electron chi connectivity index (χ3n) is 9.94. The van der Waals surface area contributed by atoms with Crippen LogP contribution in [0.25, 0.3) is 0 Å². The predicted octanol–water partition coefficient (Wildman–Crippen LogP) is 7.03. The van der Waals surface area contributed by atoms with Crippen molar-refractivity contribution in [3.63, 3.8) is 0 Å². The van der Waals surface area contributed by atoms with Gasteiger partial charge in [-0.15, -0.1) is 0 Å². The van der Waals surface area contributed by atoms with Gasteiger partial charge in [-0.3, -0.25) is 19.2 Å². The molecule has 1 saturated heterocycles. The number of hydrogen-bond donors (Lipinski definition) is 2. The molecule has 2 N–H and O–H groups in total.